The molecule has 2 aliphatic rings. The van der Waals surface area contributed by atoms with Crippen molar-refractivity contribution in [1.29, 1.82) is 0 Å². The Kier molecular flexibility index (Phi) is 7.12. The van der Waals surface area contributed by atoms with Gasteiger partial charge in [0.2, 0.25) is 0 Å². The monoisotopic (exact) mass is 464 g/mol. The lowest BCUT2D eigenvalue weighted by Crippen LogP contribution is -2.51. The van der Waals surface area contributed by atoms with Crippen molar-refractivity contribution in [3.63, 3.8) is 0 Å². The molecular formula is C22H28N2O7S. The highest BCUT2D eigenvalue weighted by Gasteiger charge is 2.48. The molecule has 174 valence electrons. The molecule has 0 spiro atoms. The number of hydroxylamine groups is 1. The van der Waals surface area contributed by atoms with Crippen LogP contribution in [0.4, 0.5) is 10.5 Å². The highest BCUT2D eigenvalue weighted by Crippen LogP contribution is 2.41. The number of methoxy groups -OCH3 is 1. The van der Waals surface area contributed by atoms with E-state index in [1.165, 1.54) is 22.9 Å². The second kappa shape index (κ2) is 9.48. The largest absolute Gasteiger partial charge is 0.444 e. The van der Waals surface area contributed by atoms with Crippen LogP contribution in [0.25, 0.3) is 0 Å². The second-order valence-electron chi connectivity index (χ2n) is 8.48. The fourth-order valence-electron chi connectivity index (χ4n) is 4.00. The van der Waals surface area contributed by atoms with Crippen molar-refractivity contribution < 1.29 is 32.7 Å². The second-order valence-corrected chi connectivity index (χ2v) is 10.9. The Labute approximate surface area is 187 Å². The zero-order valence-electron chi connectivity index (χ0n) is 18.3. The Hall–Kier alpha value is -2.61. The van der Waals surface area contributed by atoms with Crippen LogP contribution < -0.4 is 10.4 Å². The number of ether oxygens (including phenoxy) is 2. The molecule has 0 aromatic heterocycles. The molecule has 1 aliphatic carbocycles. The van der Waals surface area contributed by atoms with Crippen molar-refractivity contribution >= 4 is 27.5 Å². The number of anilines is 1. The molecular weight excluding hydrogens is 436 g/mol. The number of cyclic esters (lactones) is 1. The SMILES string of the molecule is COCC#CC1CC(c2ccc(N3CC(CC(C)(C(=O)NO)S(C)(=O)=O)OC3=O)cc2)C1. The average Bonchev–Trinajstić information content (AvgIpc) is 3.08. The Bertz CT molecular complexity index is 1020. The van der Waals surface area contributed by atoms with E-state index in [1.54, 1.807) is 7.11 Å². The van der Waals surface area contributed by atoms with E-state index in [-0.39, 0.29) is 13.0 Å². The average molecular weight is 465 g/mol. The maximum absolute atomic E-state index is 12.4. The van der Waals surface area contributed by atoms with Crippen LogP contribution in [0.2, 0.25) is 0 Å². The summed E-state index contributed by atoms with van der Waals surface area (Å²) in [5.41, 5.74) is 3.20. The number of benzene rings is 1. The summed E-state index contributed by atoms with van der Waals surface area (Å²) in [6.45, 7) is 1.74. The molecule has 1 aromatic rings. The normalized spacial score (nSPS) is 24.6. The van der Waals surface area contributed by atoms with Crippen molar-refractivity contribution in [2.75, 3.05) is 31.4 Å². The van der Waals surface area contributed by atoms with Gasteiger partial charge in [-0.1, -0.05) is 24.0 Å². The van der Waals surface area contributed by atoms with Crippen LogP contribution in [0.15, 0.2) is 24.3 Å². The van der Waals surface area contributed by atoms with Crippen molar-refractivity contribution in [2.24, 2.45) is 5.92 Å². The van der Waals surface area contributed by atoms with Crippen LogP contribution in [0.1, 0.15) is 37.7 Å². The molecule has 2 atom stereocenters. The van der Waals surface area contributed by atoms with Gasteiger partial charge in [0.25, 0.3) is 5.91 Å². The summed E-state index contributed by atoms with van der Waals surface area (Å²) in [7, 11) is -2.27. The smallest absolute Gasteiger partial charge is 0.414 e. The first-order chi connectivity index (χ1) is 15.1. The van der Waals surface area contributed by atoms with E-state index in [0.717, 1.165) is 19.1 Å². The van der Waals surface area contributed by atoms with E-state index >= 15 is 0 Å². The minimum absolute atomic E-state index is 0.0998. The first kappa shape index (κ1) is 24.0. The topological polar surface area (TPSA) is 122 Å². The van der Waals surface area contributed by atoms with Gasteiger partial charge in [0.05, 0.1) is 6.54 Å². The number of rotatable bonds is 7. The third-order valence-corrected chi connectivity index (χ3v) is 8.22. The van der Waals surface area contributed by atoms with E-state index in [1.807, 2.05) is 24.3 Å². The molecule has 1 aliphatic heterocycles. The summed E-state index contributed by atoms with van der Waals surface area (Å²) in [6, 6.07) is 7.61. The molecule has 2 fully saturated rings. The number of sulfone groups is 1. The third kappa shape index (κ3) is 4.90. The number of hydrogen-bond donors (Lipinski definition) is 2. The van der Waals surface area contributed by atoms with Gasteiger partial charge in [-0.15, -0.1) is 0 Å². The predicted molar refractivity (Wildman–Crippen MR) is 117 cm³/mol. The number of amides is 2. The molecule has 0 radical (unpaired) electrons. The minimum atomic E-state index is -3.89. The minimum Gasteiger partial charge on any atom is -0.444 e. The number of hydrogen-bond acceptors (Lipinski definition) is 7. The maximum Gasteiger partial charge on any atom is 0.414 e. The lowest BCUT2D eigenvalue weighted by atomic mass is 9.72. The standard InChI is InChI=1S/C22H28N2O7S/c1-22(20(25)23-27,32(3,28)29)13-19-14-24(21(26)31-19)18-8-6-16(7-9-18)17-11-15(12-17)5-4-10-30-2/h6-9,15,17,19,27H,10-14H2,1-3H3,(H,23,25). The van der Waals surface area contributed by atoms with Crippen LogP contribution in [-0.2, 0) is 24.1 Å². The van der Waals surface area contributed by atoms with Crippen molar-refractivity contribution in [3.8, 4) is 11.8 Å². The Morgan fingerprint density at radius 1 is 1.34 bits per heavy atom. The quantitative estimate of drug-likeness (QED) is 0.359. The number of nitrogens with zero attached hydrogens (tertiary/aromatic N) is 1. The van der Waals surface area contributed by atoms with Crippen LogP contribution in [0, 0.1) is 17.8 Å². The Balaban J connectivity index is 1.63. The zero-order chi connectivity index (χ0) is 23.5. The molecule has 2 unspecified atom stereocenters. The highest BCUT2D eigenvalue weighted by molar-refractivity contribution is 7.92. The molecule has 1 heterocycles. The van der Waals surface area contributed by atoms with Crippen molar-refractivity contribution in [1.82, 2.24) is 5.48 Å². The highest BCUT2D eigenvalue weighted by atomic mass is 32.2. The van der Waals surface area contributed by atoms with Crippen LogP contribution in [0.5, 0.6) is 0 Å². The molecule has 10 heteroatoms. The fourth-order valence-corrected chi connectivity index (χ4v) is 4.87. The zero-order valence-corrected chi connectivity index (χ0v) is 19.1. The molecule has 1 aromatic carbocycles. The van der Waals surface area contributed by atoms with Gasteiger partial charge in [0, 0.05) is 31.4 Å². The van der Waals surface area contributed by atoms with Gasteiger partial charge in [-0.3, -0.25) is 14.9 Å². The molecule has 0 bridgehead atoms. The van der Waals surface area contributed by atoms with E-state index in [9.17, 15) is 18.0 Å². The molecule has 3 rings (SSSR count). The van der Waals surface area contributed by atoms with Gasteiger partial charge in [0.15, 0.2) is 14.6 Å². The molecule has 9 nitrogen and oxygen atoms in total. The van der Waals surface area contributed by atoms with Gasteiger partial charge >= 0.3 is 6.09 Å². The Morgan fingerprint density at radius 2 is 2.00 bits per heavy atom. The van der Waals surface area contributed by atoms with E-state index in [4.69, 9.17) is 14.7 Å². The van der Waals surface area contributed by atoms with Gasteiger partial charge in [-0.25, -0.2) is 18.7 Å². The van der Waals surface area contributed by atoms with E-state index < -0.39 is 32.7 Å². The number of carbonyl (C=O) groups is 2. The van der Waals surface area contributed by atoms with Crippen LogP contribution in [-0.4, -0.2) is 63.0 Å². The first-order valence-electron chi connectivity index (χ1n) is 10.3. The molecule has 32 heavy (non-hydrogen) atoms. The summed E-state index contributed by atoms with van der Waals surface area (Å²) < 4.78 is 32.7. The van der Waals surface area contributed by atoms with Crippen molar-refractivity contribution in [2.45, 2.75) is 43.0 Å². The van der Waals surface area contributed by atoms with Gasteiger partial charge in [-0.2, -0.15) is 0 Å². The lowest BCUT2D eigenvalue weighted by Gasteiger charge is -2.32. The van der Waals surface area contributed by atoms with Crippen LogP contribution in [0.3, 0.4) is 0 Å². The van der Waals surface area contributed by atoms with Crippen LogP contribution >= 0.6 is 0 Å². The fraction of sp³-hybridized carbons (Fsp3) is 0.545. The lowest BCUT2D eigenvalue weighted by molar-refractivity contribution is -0.132. The maximum atomic E-state index is 12.4. The first-order valence-corrected chi connectivity index (χ1v) is 12.2. The number of carbonyl (C=O) groups excluding carboxylic acids is 2. The predicted octanol–water partition coefficient (Wildman–Crippen LogP) is 1.85. The molecule has 1 saturated heterocycles. The Morgan fingerprint density at radius 3 is 2.56 bits per heavy atom. The summed E-state index contributed by atoms with van der Waals surface area (Å²) >= 11 is 0. The summed E-state index contributed by atoms with van der Waals surface area (Å²) in [6.07, 6.45) is 1.18. The molecule has 2 amide bonds. The van der Waals surface area contributed by atoms with Gasteiger partial charge < -0.3 is 9.47 Å². The number of nitrogens with one attached hydrogen (secondary N) is 1. The molecule has 2 N–H and O–H groups in total. The summed E-state index contributed by atoms with van der Waals surface area (Å²) in [5, 5.41) is 8.96. The van der Waals surface area contributed by atoms with Gasteiger partial charge in [-0.05, 0) is 43.4 Å². The van der Waals surface area contributed by atoms with Gasteiger partial charge in [0.1, 0.15) is 12.7 Å². The van der Waals surface area contributed by atoms with E-state index in [0.29, 0.717) is 24.1 Å². The van der Waals surface area contributed by atoms with Crippen molar-refractivity contribution in [3.05, 3.63) is 29.8 Å². The summed E-state index contributed by atoms with van der Waals surface area (Å²) in [5.74, 6) is 5.93. The third-order valence-electron chi connectivity index (χ3n) is 6.23. The van der Waals surface area contributed by atoms with E-state index in [2.05, 4.69) is 11.8 Å². The summed E-state index contributed by atoms with van der Waals surface area (Å²) in [4.78, 5) is 25.8. The molecule has 1 saturated carbocycles.